The Bertz CT molecular complexity index is 271. The van der Waals surface area contributed by atoms with Crippen molar-refractivity contribution >= 4 is 0 Å². The Morgan fingerprint density at radius 2 is 1.75 bits per heavy atom. The minimum atomic E-state index is 0.380. The first-order valence-corrected chi connectivity index (χ1v) is 6.37. The summed E-state index contributed by atoms with van der Waals surface area (Å²) < 4.78 is 5.13. The Morgan fingerprint density at radius 1 is 1.19 bits per heavy atom. The van der Waals surface area contributed by atoms with E-state index in [-0.39, 0.29) is 0 Å². The lowest BCUT2D eigenvalue weighted by Gasteiger charge is -2.16. The number of aromatic nitrogens is 1. The van der Waals surface area contributed by atoms with Crippen molar-refractivity contribution in [3.8, 4) is 0 Å². The van der Waals surface area contributed by atoms with Gasteiger partial charge >= 0.3 is 0 Å². The van der Waals surface area contributed by atoms with Crippen molar-refractivity contribution in [1.29, 1.82) is 0 Å². The molecule has 0 radical (unpaired) electrons. The van der Waals surface area contributed by atoms with Crippen LogP contribution in [-0.2, 0) is 12.8 Å². The van der Waals surface area contributed by atoms with Crippen LogP contribution >= 0.6 is 0 Å². The Hall–Kier alpha value is -0.790. The second-order valence-corrected chi connectivity index (χ2v) is 5.41. The molecule has 2 nitrogen and oxygen atoms in total. The molecule has 0 aliphatic rings. The molecular weight excluding hydrogens is 198 g/mol. The van der Waals surface area contributed by atoms with Crippen LogP contribution in [0.4, 0.5) is 0 Å². The van der Waals surface area contributed by atoms with Crippen LogP contribution in [0.2, 0.25) is 0 Å². The highest BCUT2D eigenvalue weighted by atomic mass is 16.5. The van der Waals surface area contributed by atoms with E-state index in [0.717, 1.165) is 30.7 Å². The van der Waals surface area contributed by atoms with Crippen LogP contribution in [0.1, 0.15) is 65.8 Å². The third kappa shape index (κ3) is 7.49. The molecule has 0 N–H and O–H groups in total. The lowest BCUT2D eigenvalue weighted by Crippen LogP contribution is -2.06. The first-order chi connectivity index (χ1) is 7.42. The van der Waals surface area contributed by atoms with E-state index in [1.165, 1.54) is 6.42 Å². The van der Waals surface area contributed by atoms with Gasteiger partial charge in [0.05, 0.1) is 5.69 Å². The van der Waals surface area contributed by atoms with E-state index in [2.05, 4.69) is 52.8 Å². The minimum absolute atomic E-state index is 0.380. The van der Waals surface area contributed by atoms with E-state index < -0.39 is 0 Å². The standard InChI is InChI=1S/C11H19NO.C3H8/c1-5-10-8-9(12-13-10)6-7-11(2,3)4;1-3-2/h8H,5-7H2,1-4H3;3H2,1-2H3. The molecule has 0 aromatic carbocycles. The van der Waals surface area contributed by atoms with Gasteiger partial charge in [0.15, 0.2) is 0 Å². The van der Waals surface area contributed by atoms with E-state index in [1.54, 1.807) is 0 Å². The van der Waals surface area contributed by atoms with Crippen LogP contribution in [-0.4, -0.2) is 5.16 Å². The Balaban J connectivity index is 0.000000673. The van der Waals surface area contributed by atoms with Gasteiger partial charge in [0.2, 0.25) is 0 Å². The second kappa shape index (κ2) is 7.48. The fourth-order valence-electron chi connectivity index (χ4n) is 1.14. The SMILES string of the molecule is CCC.CCc1cc(CCC(C)(C)C)no1. The van der Waals surface area contributed by atoms with Gasteiger partial charge in [-0.15, -0.1) is 0 Å². The normalized spacial score (nSPS) is 10.9. The van der Waals surface area contributed by atoms with Gasteiger partial charge in [-0.3, -0.25) is 0 Å². The summed E-state index contributed by atoms with van der Waals surface area (Å²) in [5.74, 6) is 0.990. The summed E-state index contributed by atoms with van der Waals surface area (Å²) in [6.45, 7) is 13.1. The maximum absolute atomic E-state index is 5.13. The molecule has 0 fully saturated rings. The van der Waals surface area contributed by atoms with E-state index in [0.29, 0.717) is 5.41 Å². The van der Waals surface area contributed by atoms with Gasteiger partial charge in [-0.1, -0.05) is 53.1 Å². The minimum Gasteiger partial charge on any atom is -0.361 e. The fraction of sp³-hybridized carbons (Fsp3) is 0.786. The predicted octanol–water partition coefficient (Wildman–Crippen LogP) is 4.63. The molecule has 1 heterocycles. The van der Waals surface area contributed by atoms with Gasteiger partial charge in [-0.05, 0) is 18.3 Å². The largest absolute Gasteiger partial charge is 0.361 e. The summed E-state index contributed by atoms with van der Waals surface area (Å²) in [4.78, 5) is 0. The molecular formula is C14H27NO. The quantitative estimate of drug-likeness (QED) is 0.749. The summed E-state index contributed by atoms with van der Waals surface area (Å²) in [5.41, 5.74) is 1.47. The molecule has 0 saturated carbocycles. The Labute approximate surface area is 100 Å². The predicted molar refractivity (Wildman–Crippen MR) is 69.6 cm³/mol. The van der Waals surface area contributed by atoms with Crippen LogP contribution in [0, 0.1) is 5.41 Å². The topological polar surface area (TPSA) is 26.0 Å². The average molecular weight is 225 g/mol. The molecule has 1 rings (SSSR count). The molecule has 0 saturated heterocycles. The van der Waals surface area contributed by atoms with Crippen molar-refractivity contribution in [1.82, 2.24) is 5.16 Å². The maximum atomic E-state index is 5.13. The van der Waals surface area contributed by atoms with Crippen LogP contribution in [0.25, 0.3) is 0 Å². The van der Waals surface area contributed by atoms with Crippen LogP contribution in [0.3, 0.4) is 0 Å². The average Bonchev–Trinajstić information content (AvgIpc) is 2.62. The highest BCUT2D eigenvalue weighted by Crippen LogP contribution is 2.21. The first-order valence-electron chi connectivity index (χ1n) is 6.37. The first kappa shape index (κ1) is 15.2. The Kier molecular flexibility index (Phi) is 7.11. The third-order valence-electron chi connectivity index (χ3n) is 2.09. The molecule has 0 amide bonds. The van der Waals surface area contributed by atoms with Crippen molar-refractivity contribution in [2.75, 3.05) is 0 Å². The summed E-state index contributed by atoms with van der Waals surface area (Å²) >= 11 is 0. The molecule has 16 heavy (non-hydrogen) atoms. The van der Waals surface area contributed by atoms with Crippen LogP contribution in [0.5, 0.6) is 0 Å². The summed E-state index contributed by atoms with van der Waals surface area (Å²) in [6.07, 6.45) is 4.36. The van der Waals surface area contributed by atoms with Crippen LogP contribution < -0.4 is 0 Å². The molecule has 0 aliphatic heterocycles. The number of rotatable bonds is 3. The number of nitrogens with zero attached hydrogens (tertiary/aromatic N) is 1. The molecule has 0 aliphatic carbocycles. The van der Waals surface area contributed by atoms with Crippen molar-refractivity contribution in [3.05, 3.63) is 17.5 Å². The maximum Gasteiger partial charge on any atom is 0.136 e. The van der Waals surface area contributed by atoms with Crippen molar-refractivity contribution in [3.63, 3.8) is 0 Å². The Morgan fingerprint density at radius 3 is 2.12 bits per heavy atom. The van der Waals surface area contributed by atoms with E-state index in [4.69, 9.17) is 4.52 Å². The summed E-state index contributed by atoms with van der Waals surface area (Å²) in [5, 5.41) is 4.02. The fourth-order valence-corrected chi connectivity index (χ4v) is 1.14. The van der Waals surface area contributed by atoms with Gasteiger partial charge in [-0.25, -0.2) is 0 Å². The molecule has 2 heteroatoms. The molecule has 94 valence electrons. The zero-order chi connectivity index (χ0) is 12.6. The zero-order valence-electron chi connectivity index (χ0n) is 11.8. The lowest BCUT2D eigenvalue weighted by atomic mass is 9.90. The highest BCUT2D eigenvalue weighted by Gasteiger charge is 2.11. The molecule has 1 aromatic rings. The summed E-state index contributed by atoms with van der Waals surface area (Å²) in [6, 6.07) is 2.06. The van der Waals surface area contributed by atoms with Gasteiger partial charge in [0, 0.05) is 12.5 Å². The molecule has 0 unspecified atom stereocenters. The zero-order valence-corrected chi connectivity index (χ0v) is 11.8. The van der Waals surface area contributed by atoms with Gasteiger partial charge in [0.25, 0.3) is 0 Å². The monoisotopic (exact) mass is 225 g/mol. The van der Waals surface area contributed by atoms with E-state index >= 15 is 0 Å². The van der Waals surface area contributed by atoms with Crippen molar-refractivity contribution in [2.24, 2.45) is 5.41 Å². The molecule has 0 spiro atoms. The van der Waals surface area contributed by atoms with Crippen molar-refractivity contribution < 1.29 is 4.52 Å². The van der Waals surface area contributed by atoms with Crippen molar-refractivity contribution in [2.45, 2.75) is 67.2 Å². The van der Waals surface area contributed by atoms with Gasteiger partial charge in [-0.2, -0.15) is 0 Å². The van der Waals surface area contributed by atoms with Crippen LogP contribution in [0.15, 0.2) is 10.6 Å². The molecule has 0 bridgehead atoms. The second-order valence-electron chi connectivity index (χ2n) is 5.41. The number of hydrogen-bond acceptors (Lipinski definition) is 2. The molecule has 0 atom stereocenters. The van der Waals surface area contributed by atoms with E-state index in [1.807, 2.05) is 0 Å². The van der Waals surface area contributed by atoms with Gasteiger partial charge < -0.3 is 4.52 Å². The van der Waals surface area contributed by atoms with E-state index in [9.17, 15) is 0 Å². The third-order valence-corrected chi connectivity index (χ3v) is 2.09. The smallest absolute Gasteiger partial charge is 0.136 e. The highest BCUT2D eigenvalue weighted by molar-refractivity contribution is 5.05. The lowest BCUT2D eigenvalue weighted by molar-refractivity contribution is 0.357. The summed E-state index contributed by atoms with van der Waals surface area (Å²) in [7, 11) is 0. The van der Waals surface area contributed by atoms with Gasteiger partial charge in [0.1, 0.15) is 5.76 Å². The molecule has 1 aromatic heterocycles. The number of hydrogen-bond donors (Lipinski definition) is 0. The number of aryl methyl sites for hydroxylation is 2.